The van der Waals surface area contributed by atoms with E-state index in [-0.39, 0.29) is 11.7 Å². The third-order valence-corrected chi connectivity index (χ3v) is 8.35. The van der Waals surface area contributed by atoms with Crippen molar-refractivity contribution in [2.24, 2.45) is 0 Å². The summed E-state index contributed by atoms with van der Waals surface area (Å²) >= 11 is 3.51. The molecule has 3 aromatic heterocycles. The summed E-state index contributed by atoms with van der Waals surface area (Å²) in [6.45, 7) is 5.19. The first-order valence-corrected chi connectivity index (χ1v) is 16.5. The zero-order valence-electron chi connectivity index (χ0n) is 24.5. The number of aromatic nitrogens is 5. The van der Waals surface area contributed by atoms with Gasteiger partial charge in [0.2, 0.25) is 16.0 Å². The lowest BCUT2D eigenvalue weighted by molar-refractivity contribution is 0.416. The molecule has 4 heterocycles. The monoisotopic (exact) mass is 675 g/mol. The average Bonchev–Trinajstić information content (AvgIpc) is 3.15. The van der Waals surface area contributed by atoms with E-state index in [0.717, 1.165) is 41.7 Å². The summed E-state index contributed by atoms with van der Waals surface area (Å²) in [5.74, 6) is 1.33. The molecule has 0 saturated carbocycles. The SMILES string of the molecule is COc1cc2c(cc1Nc1ncc(Br)c(Nc3ccc4nccnc4c3NS(C)(=O)=O)n1)-c1cccnc1CCN2C(C)C. The van der Waals surface area contributed by atoms with Gasteiger partial charge in [0.1, 0.15) is 17.1 Å². The van der Waals surface area contributed by atoms with Crippen LogP contribution >= 0.6 is 15.9 Å². The fourth-order valence-electron chi connectivity index (χ4n) is 5.25. The fourth-order valence-corrected chi connectivity index (χ4v) is 6.11. The molecule has 0 amide bonds. The van der Waals surface area contributed by atoms with Crippen LogP contribution in [-0.2, 0) is 16.4 Å². The van der Waals surface area contributed by atoms with E-state index < -0.39 is 10.0 Å². The van der Waals surface area contributed by atoms with Crippen molar-refractivity contribution in [2.75, 3.05) is 40.2 Å². The molecule has 14 heteroatoms. The van der Waals surface area contributed by atoms with Crippen LogP contribution in [0.4, 0.5) is 34.5 Å². The Morgan fingerprint density at radius 1 is 0.977 bits per heavy atom. The second-order valence-electron chi connectivity index (χ2n) is 10.5. The zero-order chi connectivity index (χ0) is 31.0. The Morgan fingerprint density at radius 2 is 1.80 bits per heavy atom. The molecule has 1 aliphatic rings. The minimum absolute atomic E-state index is 0.257. The van der Waals surface area contributed by atoms with E-state index in [1.165, 1.54) is 6.20 Å². The molecule has 6 rings (SSSR count). The number of sulfonamides is 1. The normalized spacial score (nSPS) is 12.8. The highest BCUT2D eigenvalue weighted by Gasteiger charge is 2.25. The maximum atomic E-state index is 12.2. The topological polar surface area (TPSA) is 147 Å². The van der Waals surface area contributed by atoms with Gasteiger partial charge in [0.25, 0.3) is 0 Å². The van der Waals surface area contributed by atoms with Crippen molar-refractivity contribution in [3.63, 3.8) is 0 Å². The van der Waals surface area contributed by atoms with E-state index in [1.54, 1.807) is 31.6 Å². The van der Waals surface area contributed by atoms with Gasteiger partial charge in [-0.15, -0.1) is 0 Å². The molecule has 0 radical (unpaired) electrons. The van der Waals surface area contributed by atoms with Gasteiger partial charge >= 0.3 is 0 Å². The average molecular weight is 677 g/mol. The summed E-state index contributed by atoms with van der Waals surface area (Å²) in [6, 6.07) is 11.9. The summed E-state index contributed by atoms with van der Waals surface area (Å²) in [5, 5.41) is 6.54. The van der Waals surface area contributed by atoms with Crippen molar-refractivity contribution < 1.29 is 13.2 Å². The lowest BCUT2D eigenvalue weighted by Gasteiger charge is -2.30. The Kier molecular flexibility index (Phi) is 7.95. The summed E-state index contributed by atoms with van der Waals surface area (Å²) in [6.07, 6.45) is 8.40. The van der Waals surface area contributed by atoms with Crippen LogP contribution in [0, 0.1) is 0 Å². The number of rotatable bonds is 8. The second-order valence-corrected chi connectivity index (χ2v) is 13.1. The first kappa shape index (κ1) is 29.5. The van der Waals surface area contributed by atoms with Gasteiger partial charge in [-0.2, -0.15) is 4.98 Å². The molecule has 0 spiro atoms. The molecule has 0 aliphatic carbocycles. The molecular weight excluding hydrogens is 646 g/mol. The number of nitrogens with one attached hydrogen (secondary N) is 3. The quantitative estimate of drug-likeness (QED) is 0.181. The Morgan fingerprint density at radius 3 is 2.57 bits per heavy atom. The molecule has 0 saturated heterocycles. The first-order chi connectivity index (χ1) is 21.1. The van der Waals surface area contributed by atoms with Gasteiger partial charge in [-0.25, -0.2) is 13.4 Å². The maximum absolute atomic E-state index is 12.2. The number of methoxy groups -OCH3 is 1. The third-order valence-electron chi connectivity index (χ3n) is 7.19. The van der Waals surface area contributed by atoms with E-state index in [9.17, 15) is 8.42 Å². The van der Waals surface area contributed by atoms with Gasteiger partial charge in [0, 0.05) is 72.4 Å². The lowest BCUT2D eigenvalue weighted by Crippen LogP contribution is -2.32. The number of anilines is 6. The molecule has 0 unspecified atom stereocenters. The Labute approximate surface area is 263 Å². The number of benzene rings is 2. The number of pyridine rings is 1. The molecule has 12 nitrogen and oxygen atoms in total. The highest BCUT2D eigenvalue weighted by molar-refractivity contribution is 9.10. The second kappa shape index (κ2) is 11.8. The Balaban J connectivity index is 1.40. The van der Waals surface area contributed by atoms with Crippen LogP contribution in [0.2, 0.25) is 0 Å². The highest BCUT2D eigenvalue weighted by Crippen LogP contribution is 2.43. The van der Waals surface area contributed by atoms with Gasteiger partial charge in [0.15, 0.2) is 0 Å². The molecular formula is C30H30BrN9O3S. The van der Waals surface area contributed by atoms with Crippen LogP contribution in [0.15, 0.2) is 65.7 Å². The van der Waals surface area contributed by atoms with E-state index in [4.69, 9.17) is 9.72 Å². The van der Waals surface area contributed by atoms with E-state index >= 15 is 0 Å². The fraction of sp³-hybridized carbons (Fsp3) is 0.233. The summed E-state index contributed by atoms with van der Waals surface area (Å²) in [4.78, 5) is 24.8. The molecule has 5 aromatic rings. The van der Waals surface area contributed by atoms with Crippen molar-refractivity contribution in [1.82, 2.24) is 24.9 Å². The highest BCUT2D eigenvalue weighted by atomic mass is 79.9. The summed E-state index contributed by atoms with van der Waals surface area (Å²) in [7, 11) is -2.00. The number of hydrogen-bond acceptors (Lipinski definition) is 11. The number of fused-ring (bicyclic) bond motifs is 4. The molecule has 0 bridgehead atoms. The number of nitrogens with zero attached hydrogens (tertiary/aromatic N) is 6. The molecule has 3 N–H and O–H groups in total. The maximum Gasteiger partial charge on any atom is 0.229 e. The molecule has 44 heavy (non-hydrogen) atoms. The first-order valence-electron chi connectivity index (χ1n) is 13.8. The number of halogens is 1. The van der Waals surface area contributed by atoms with Gasteiger partial charge in [-0.3, -0.25) is 19.7 Å². The van der Waals surface area contributed by atoms with Crippen LogP contribution < -0.4 is 25.0 Å². The van der Waals surface area contributed by atoms with Crippen molar-refractivity contribution in [3.05, 3.63) is 71.4 Å². The van der Waals surface area contributed by atoms with Gasteiger partial charge in [-0.05, 0) is 54.0 Å². The van der Waals surface area contributed by atoms with Crippen molar-refractivity contribution in [1.29, 1.82) is 0 Å². The van der Waals surface area contributed by atoms with Gasteiger partial charge in [0.05, 0.1) is 40.4 Å². The smallest absolute Gasteiger partial charge is 0.229 e. The predicted molar refractivity (Wildman–Crippen MR) is 177 cm³/mol. The minimum Gasteiger partial charge on any atom is -0.494 e. The lowest BCUT2D eigenvalue weighted by atomic mass is 10.0. The minimum atomic E-state index is -3.63. The molecule has 226 valence electrons. The van der Waals surface area contributed by atoms with E-state index in [2.05, 4.69) is 76.0 Å². The number of hydrogen-bond donors (Lipinski definition) is 3. The predicted octanol–water partition coefficient (Wildman–Crippen LogP) is 5.88. The Bertz CT molecular complexity index is 1990. The molecule has 1 aliphatic heterocycles. The van der Waals surface area contributed by atoms with Crippen LogP contribution in [0.25, 0.3) is 22.2 Å². The van der Waals surface area contributed by atoms with Crippen LogP contribution in [0.1, 0.15) is 19.5 Å². The molecule has 0 atom stereocenters. The van der Waals surface area contributed by atoms with E-state index in [1.807, 2.05) is 24.4 Å². The van der Waals surface area contributed by atoms with Crippen LogP contribution in [-0.4, -0.2) is 59.3 Å². The van der Waals surface area contributed by atoms with Crippen LogP contribution in [0.3, 0.4) is 0 Å². The van der Waals surface area contributed by atoms with Crippen molar-refractivity contribution >= 4 is 71.5 Å². The number of ether oxygens (including phenoxy) is 1. The standard InChI is InChI=1S/C30H30BrN9O3S/c1-17(2)40-13-9-21-18(6-5-10-32-21)19-14-24(26(43-3)15-25(19)40)37-30-35-16-20(31)29(38-30)36-23-8-7-22-27(34-12-11-33-22)28(23)39-44(4,41)42/h5-8,10-12,14-17,39H,9,13H2,1-4H3,(H2,35,36,37,38). The van der Waals surface area contributed by atoms with Crippen LogP contribution in [0.5, 0.6) is 5.75 Å². The van der Waals surface area contributed by atoms with Gasteiger partial charge in [-0.1, -0.05) is 6.07 Å². The zero-order valence-corrected chi connectivity index (χ0v) is 26.9. The van der Waals surface area contributed by atoms with E-state index in [0.29, 0.717) is 44.4 Å². The summed E-state index contributed by atoms with van der Waals surface area (Å²) < 4.78 is 33.4. The van der Waals surface area contributed by atoms with Gasteiger partial charge < -0.3 is 20.3 Å². The van der Waals surface area contributed by atoms with Crippen molar-refractivity contribution in [3.8, 4) is 16.9 Å². The molecule has 0 fully saturated rings. The van der Waals surface area contributed by atoms with Crippen molar-refractivity contribution in [2.45, 2.75) is 26.3 Å². The molecule has 2 aromatic carbocycles. The largest absolute Gasteiger partial charge is 0.494 e. The Hall–Kier alpha value is -4.56. The summed E-state index contributed by atoms with van der Waals surface area (Å²) in [5.41, 5.74) is 6.52. The third kappa shape index (κ3) is 5.95.